The van der Waals surface area contributed by atoms with E-state index in [1.54, 1.807) is 0 Å². The molecule has 1 aromatic heterocycles. The van der Waals surface area contributed by atoms with E-state index in [4.69, 9.17) is 4.74 Å². The van der Waals surface area contributed by atoms with E-state index in [1.807, 2.05) is 39.0 Å². The number of hydrogen-bond donors (Lipinski definition) is 1. The highest BCUT2D eigenvalue weighted by atomic mass is 16.5. The lowest BCUT2D eigenvalue weighted by molar-refractivity contribution is 0.347. The zero-order valence-electron chi connectivity index (χ0n) is 9.45. The number of aryl methyl sites for hydroxylation is 1. The molecule has 0 spiro atoms. The average molecular weight is 207 g/mol. The minimum atomic E-state index is 0.540. The minimum absolute atomic E-state index is 0.540. The van der Waals surface area contributed by atoms with Crippen LogP contribution in [0.15, 0.2) is 18.2 Å². The number of hydrogen-bond acceptors (Lipinski definition) is 4. The topological polar surface area (TPSA) is 47.0 Å². The van der Waals surface area contributed by atoms with Crippen LogP contribution in [-0.4, -0.2) is 23.1 Å². The molecule has 0 fully saturated rings. The van der Waals surface area contributed by atoms with E-state index in [1.165, 1.54) is 0 Å². The van der Waals surface area contributed by atoms with Crippen molar-refractivity contribution in [3.05, 3.63) is 23.9 Å². The summed E-state index contributed by atoms with van der Waals surface area (Å²) in [6.07, 6.45) is 3.88. The second-order valence-electron chi connectivity index (χ2n) is 3.08. The molecule has 0 saturated heterocycles. The Labute approximate surface area is 90.4 Å². The number of allylic oxidation sites excluding steroid dienone is 1. The van der Waals surface area contributed by atoms with Crippen molar-refractivity contribution in [1.29, 1.82) is 0 Å². The van der Waals surface area contributed by atoms with Crippen molar-refractivity contribution in [3.8, 4) is 5.88 Å². The van der Waals surface area contributed by atoms with Crippen LogP contribution in [0, 0.1) is 6.92 Å². The first kappa shape index (κ1) is 11.5. The highest BCUT2D eigenvalue weighted by molar-refractivity contribution is 5.30. The summed E-state index contributed by atoms with van der Waals surface area (Å²) in [5, 5.41) is 3.06. The largest absolute Gasteiger partial charge is 0.473 e. The van der Waals surface area contributed by atoms with Gasteiger partial charge in [0, 0.05) is 18.3 Å². The second kappa shape index (κ2) is 6.01. The maximum absolute atomic E-state index is 5.44. The zero-order valence-corrected chi connectivity index (χ0v) is 9.45. The van der Waals surface area contributed by atoms with Gasteiger partial charge in [-0.2, -0.15) is 4.98 Å². The number of nitrogens with one attached hydrogen (secondary N) is 1. The summed E-state index contributed by atoms with van der Waals surface area (Å²) in [5.74, 6) is 1.23. The molecule has 4 nitrogen and oxygen atoms in total. The van der Waals surface area contributed by atoms with Gasteiger partial charge in [-0.3, -0.25) is 0 Å². The van der Waals surface area contributed by atoms with E-state index in [0.29, 0.717) is 18.4 Å². The molecule has 0 aromatic carbocycles. The van der Waals surface area contributed by atoms with E-state index in [9.17, 15) is 0 Å². The Bertz CT molecular complexity index is 337. The first-order valence-electron chi connectivity index (χ1n) is 5.09. The molecule has 0 amide bonds. The van der Waals surface area contributed by atoms with E-state index >= 15 is 0 Å². The van der Waals surface area contributed by atoms with Gasteiger partial charge < -0.3 is 10.1 Å². The molecule has 15 heavy (non-hydrogen) atoms. The van der Waals surface area contributed by atoms with Crippen LogP contribution in [0.25, 0.3) is 0 Å². The van der Waals surface area contributed by atoms with Gasteiger partial charge in [-0.25, -0.2) is 4.98 Å². The number of nitrogens with zero attached hydrogens (tertiary/aromatic N) is 2. The Hall–Kier alpha value is -1.58. The Morgan fingerprint density at radius 3 is 2.93 bits per heavy atom. The van der Waals surface area contributed by atoms with Crippen LogP contribution in [-0.2, 0) is 0 Å². The van der Waals surface area contributed by atoms with Gasteiger partial charge in [0.25, 0.3) is 0 Å². The summed E-state index contributed by atoms with van der Waals surface area (Å²) in [6, 6.07) is 1.82. The Morgan fingerprint density at radius 1 is 1.47 bits per heavy atom. The van der Waals surface area contributed by atoms with Crippen molar-refractivity contribution in [2.75, 3.05) is 18.5 Å². The molecule has 1 aromatic rings. The molecule has 1 N–H and O–H groups in total. The van der Waals surface area contributed by atoms with Crippen LogP contribution in [0.2, 0.25) is 0 Å². The summed E-state index contributed by atoms with van der Waals surface area (Å²) >= 11 is 0. The van der Waals surface area contributed by atoms with Crippen LogP contribution in [0.1, 0.15) is 19.5 Å². The lowest BCUT2D eigenvalue weighted by atomic mass is 10.4. The monoisotopic (exact) mass is 207 g/mol. The summed E-state index contributed by atoms with van der Waals surface area (Å²) in [5.41, 5.74) is 0.899. The second-order valence-corrected chi connectivity index (χ2v) is 3.08. The smallest absolute Gasteiger partial charge is 0.226 e. The maximum atomic E-state index is 5.44. The lowest BCUT2D eigenvalue weighted by Crippen LogP contribution is -2.05. The fourth-order valence-corrected chi connectivity index (χ4v) is 1.08. The molecule has 82 valence electrons. The van der Waals surface area contributed by atoms with Crippen molar-refractivity contribution in [3.63, 3.8) is 0 Å². The van der Waals surface area contributed by atoms with Crippen molar-refractivity contribution in [2.45, 2.75) is 20.8 Å². The fraction of sp³-hybridized carbons (Fsp3) is 0.455. The van der Waals surface area contributed by atoms with Gasteiger partial charge in [-0.15, -0.1) is 0 Å². The SMILES string of the molecule is C/C=C/COc1cc(C)nc(NCC)n1. The molecular weight excluding hydrogens is 190 g/mol. The Kier molecular flexibility index (Phi) is 4.60. The maximum Gasteiger partial charge on any atom is 0.226 e. The first-order chi connectivity index (χ1) is 7.26. The number of anilines is 1. The van der Waals surface area contributed by atoms with Crippen molar-refractivity contribution in [2.24, 2.45) is 0 Å². The lowest BCUT2D eigenvalue weighted by Gasteiger charge is -2.06. The van der Waals surface area contributed by atoms with Crippen LogP contribution in [0.5, 0.6) is 5.88 Å². The summed E-state index contributed by atoms with van der Waals surface area (Å²) in [7, 11) is 0. The van der Waals surface area contributed by atoms with Crippen LogP contribution >= 0.6 is 0 Å². The highest BCUT2D eigenvalue weighted by Gasteiger charge is 2.00. The number of ether oxygens (including phenoxy) is 1. The average Bonchev–Trinajstić information content (AvgIpc) is 2.18. The molecule has 0 radical (unpaired) electrons. The summed E-state index contributed by atoms with van der Waals surface area (Å²) in [4.78, 5) is 8.45. The normalized spacial score (nSPS) is 10.6. The summed E-state index contributed by atoms with van der Waals surface area (Å²) < 4.78 is 5.44. The van der Waals surface area contributed by atoms with Gasteiger partial charge in [0.2, 0.25) is 11.8 Å². The zero-order chi connectivity index (χ0) is 11.1. The minimum Gasteiger partial charge on any atom is -0.473 e. The Morgan fingerprint density at radius 2 is 2.27 bits per heavy atom. The van der Waals surface area contributed by atoms with E-state index in [0.717, 1.165) is 12.2 Å². The summed E-state index contributed by atoms with van der Waals surface area (Å²) in [6.45, 7) is 7.23. The molecule has 0 saturated carbocycles. The molecule has 0 aliphatic heterocycles. The predicted octanol–water partition coefficient (Wildman–Crippen LogP) is 2.17. The van der Waals surface area contributed by atoms with E-state index < -0.39 is 0 Å². The van der Waals surface area contributed by atoms with Gasteiger partial charge in [0.05, 0.1) is 0 Å². The number of aromatic nitrogens is 2. The molecule has 0 unspecified atom stereocenters. The first-order valence-corrected chi connectivity index (χ1v) is 5.09. The van der Waals surface area contributed by atoms with Crippen molar-refractivity contribution >= 4 is 5.95 Å². The molecule has 0 bridgehead atoms. The molecule has 1 rings (SSSR count). The Balaban J connectivity index is 2.70. The van der Waals surface area contributed by atoms with Crippen LogP contribution in [0.3, 0.4) is 0 Å². The van der Waals surface area contributed by atoms with Crippen molar-refractivity contribution < 1.29 is 4.74 Å². The van der Waals surface area contributed by atoms with Crippen LogP contribution in [0.4, 0.5) is 5.95 Å². The third-order valence-corrected chi connectivity index (χ3v) is 1.73. The molecule has 0 aliphatic rings. The quantitative estimate of drug-likeness (QED) is 0.752. The molecule has 1 heterocycles. The van der Waals surface area contributed by atoms with Gasteiger partial charge in [-0.05, 0) is 20.8 Å². The molecule has 4 heteroatoms. The van der Waals surface area contributed by atoms with E-state index in [2.05, 4.69) is 15.3 Å². The van der Waals surface area contributed by atoms with Gasteiger partial charge in [0.15, 0.2) is 0 Å². The van der Waals surface area contributed by atoms with Gasteiger partial charge in [0.1, 0.15) is 6.61 Å². The number of rotatable bonds is 5. The third-order valence-electron chi connectivity index (χ3n) is 1.73. The van der Waals surface area contributed by atoms with Gasteiger partial charge >= 0.3 is 0 Å². The highest BCUT2D eigenvalue weighted by Crippen LogP contribution is 2.11. The van der Waals surface area contributed by atoms with Gasteiger partial charge in [-0.1, -0.05) is 12.2 Å². The standard InChI is InChI=1S/C11H17N3O/c1-4-6-7-15-10-8-9(3)13-11(14-10)12-5-2/h4,6,8H,5,7H2,1-3H3,(H,12,13,14)/b6-4+. The molecular formula is C11H17N3O. The third kappa shape index (κ3) is 3.97. The predicted molar refractivity (Wildman–Crippen MR) is 61.2 cm³/mol. The van der Waals surface area contributed by atoms with Crippen LogP contribution < -0.4 is 10.1 Å². The van der Waals surface area contributed by atoms with Crippen molar-refractivity contribution in [1.82, 2.24) is 9.97 Å². The molecule has 0 atom stereocenters. The molecule has 0 aliphatic carbocycles. The fourth-order valence-electron chi connectivity index (χ4n) is 1.08. The van der Waals surface area contributed by atoms with E-state index in [-0.39, 0.29) is 0 Å².